The highest BCUT2D eigenvalue weighted by molar-refractivity contribution is 5.44. The SMILES string of the molecule is c1cnc(-c2c[nH+]ccn2)nc1. The molecule has 4 nitrogen and oxygen atoms in total. The Morgan fingerprint density at radius 3 is 2.50 bits per heavy atom. The molecular weight excluding hydrogens is 152 g/mol. The van der Waals surface area contributed by atoms with Crippen molar-refractivity contribution in [3.63, 3.8) is 0 Å². The van der Waals surface area contributed by atoms with E-state index in [1.807, 2.05) is 0 Å². The van der Waals surface area contributed by atoms with Gasteiger partial charge in [0.1, 0.15) is 0 Å². The minimum absolute atomic E-state index is 0.634. The molecular formula is C8H7N4+. The second-order valence-corrected chi connectivity index (χ2v) is 2.21. The van der Waals surface area contributed by atoms with Crippen LogP contribution in [0.25, 0.3) is 11.5 Å². The number of aromatic nitrogens is 4. The van der Waals surface area contributed by atoms with Gasteiger partial charge in [-0.3, -0.25) is 0 Å². The van der Waals surface area contributed by atoms with Gasteiger partial charge < -0.3 is 0 Å². The number of rotatable bonds is 1. The second-order valence-electron chi connectivity index (χ2n) is 2.21. The lowest BCUT2D eigenvalue weighted by Crippen LogP contribution is -2.02. The molecule has 0 aromatic carbocycles. The predicted molar refractivity (Wildman–Crippen MR) is 41.8 cm³/mol. The van der Waals surface area contributed by atoms with E-state index in [1.165, 1.54) is 0 Å². The second kappa shape index (κ2) is 3.04. The molecule has 0 fully saturated rings. The summed E-state index contributed by atoms with van der Waals surface area (Å²) >= 11 is 0. The van der Waals surface area contributed by atoms with Crippen LogP contribution < -0.4 is 4.98 Å². The number of hydrogen-bond donors (Lipinski definition) is 0. The van der Waals surface area contributed by atoms with E-state index in [0.717, 1.165) is 5.69 Å². The van der Waals surface area contributed by atoms with Crippen LogP contribution in [0.5, 0.6) is 0 Å². The minimum atomic E-state index is 0.634. The monoisotopic (exact) mass is 159 g/mol. The van der Waals surface area contributed by atoms with E-state index >= 15 is 0 Å². The van der Waals surface area contributed by atoms with Gasteiger partial charge >= 0.3 is 0 Å². The summed E-state index contributed by atoms with van der Waals surface area (Å²) in [5, 5.41) is 0. The zero-order chi connectivity index (χ0) is 8.23. The van der Waals surface area contributed by atoms with Crippen molar-refractivity contribution in [3.8, 4) is 11.5 Å². The molecule has 0 aliphatic heterocycles. The molecule has 0 aliphatic carbocycles. The predicted octanol–water partition coefficient (Wildman–Crippen LogP) is 0.353. The van der Waals surface area contributed by atoms with Crippen molar-refractivity contribution in [2.24, 2.45) is 0 Å². The highest BCUT2D eigenvalue weighted by atomic mass is 14.9. The first-order chi connectivity index (χ1) is 5.97. The van der Waals surface area contributed by atoms with Crippen LogP contribution in [0, 0.1) is 0 Å². The Balaban J connectivity index is 2.46. The Morgan fingerprint density at radius 1 is 1.00 bits per heavy atom. The zero-order valence-electron chi connectivity index (χ0n) is 6.31. The number of nitrogens with zero attached hydrogens (tertiary/aromatic N) is 3. The molecule has 2 aromatic heterocycles. The Kier molecular flexibility index (Phi) is 1.74. The molecule has 0 bridgehead atoms. The Bertz CT molecular complexity index is 308. The summed E-state index contributed by atoms with van der Waals surface area (Å²) < 4.78 is 0. The number of hydrogen-bond acceptors (Lipinski definition) is 3. The Morgan fingerprint density at radius 2 is 1.83 bits per heavy atom. The number of H-pyrrole nitrogens is 1. The molecule has 1 N–H and O–H groups in total. The van der Waals surface area contributed by atoms with Gasteiger partial charge in [-0.1, -0.05) is 0 Å². The standard InChI is InChI=1S/C8H6N4/c1-2-11-8(12-3-1)7-6-9-4-5-10-7/h1-6H/p+1. The van der Waals surface area contributed by atoms with E-state index in [9.17, 15) is 0 Å². The van der Waals surface area contributed by atoms with Gasteiger partial charge in [-0.25, -0.2) is 19.9 Å². The van der Waals surface area contributed by atoms with Crippen molar-refractivity contribution >= 4 is 0 Å². The van der Waals surface area contributed by atoms with Crippen LogP contribution in [0.4, 0.5) is 0 Å². The molecule has 0 unspecified atom stereocenters. The van der Waals surface area contributed by atoms with E-state index in [-0.39, 0.29) is 0 Å². The molecule has 58 valence electrons. The summed E-state index contributed by atoms with van der Waals surface area (Å²) in [7, 11) is 0. The maximum absolute atomic E-state index is 4.09. The summed E-state index contributed by atoms with van der Waals surface area (Å²) in [4.78, 5) is 15.1. The van der Waals surface area contributed by atoms with Crippen LogP contribution in [0.15, 0.2) is 37.1 Å². The maximum atomic E-state index is 4.09. The normalized spacial score (nSPS) is 9.67. The van der Waals surface area contributed by atoms with Crippen LogP contribution in [0.2, 0.25) is 0 Å². The first-order valence-corrected chi connectivity index (χ1v) is 3.56. The summed E-state index contributed by atoms with van der Waals surface area (Å²) in [6.07, 6.45) is 8.56. The average molecular weight is 159 g/mol. The quantitative estimate of drug-likeness (QED) is 0.603. The molecule has 0 amide bonds. The van der Waals surface area contributed by atoms with Gasteiger partial charge in [0.05, 0.1) is 6.20 Å². The summed E-state index contributed by atoms with van der Waals surface area (Å²) in [6.45, 7) is 0. The van der Waals surface area contributed by atoms with Crippen molar-refractivity contribution in [1.29, 1.82) is 0 Å². The van der Waals surface area contributed by atoms with Crippen molar-refractivity contribution in [2.45, 2.75) is 0 Å². The van der Waals surface area contributed by atoms with Gasteiger partial charge in [-0.15, -0.1) is 0 Å². The molecule has 2 heterocycles. The third-order valence-corrected chi connectivity index (χ3v) is 1.40. The molecule has 12 heavy (non-hydrogen) atoms. The van der Waals surface area contributed by atoms with Gasteiger partial charge in [-0.2, -0.15) is 0 Å². The van der Waals surface area contributed by atoms with Crippen LogP contribution >= 0.6 is 0 Å². The highest BCUT2D eigenvalue weighted by Gasteiger charge is 2.01. The summed E-state index contributed by atoms with van der Waals surface area (Å²) in [5.41, 5.74) is 0.748. The molecule has 0 radical (unpaired) electrons. The summed E-state index contributed by atoms with van der Waals surface area (Å²) in [6, 6.07) is 1.77. The lowest BCUT2D eigenvalue weighted by Gasteiger charge is -1.91. The fourth-order valence-electron chi connectivity index (χ4n) is 0.879. The third kappa shape index (κ3) is 1.27. The zero-order valence-corrected chi connectivity index (χ0v) is 6.31. The first kappa shape index (κ1) is 6.84. The molecule has 0 atom stereocenters. The molecule has 0 saturated carbocycles. The lowest BCUT2D eigenvalue weighted by atomic mass is 10.4. The fraction of sp³-hybridized carbons (Fsp3) is 0. The lowest BCUT2D eigenvalue weighted by molar-refractivity contribution is -0.378. The number of aromatic amines is 1. The maximum Gasteiger partial charge on any atom is 0.196 e. The van der Waals surface area contributed by atoms with Crippen LogP contribution in [-0.4, -0.2) is 15.0 Å². The topological polar surface area (TPSA) is 52.8 Å². The third-order valence-electron chi connectivity index (χ3n) is 1.40. The smallest absolute Gasteiger partial charge is 0.196 e. The Labute approximate surface area is 69.4 Å². The van der Waals surface area contributed by atoms with Crippen LogP contribution in [0.1, 0.15) is 0 Å². The molecule has 0 aliphatic rings. The van der Waals surface area contributed by atoms with E-state index in [2.05, 4.69) is 19.9 Å². The van der Waals surface area contributed by atoms with Gasteiger partial charge in [-0.05, 0) is 6.07 Å². The van der Waals surface area contributed by atoms with Gasteiger partial charge in [0.2, 0.25) is 0 Å². The molecule has 4 heteroatoms. The van der Waals surface area contributed by atoms with Crippen molar-refractivity contribution < 1.29 is 4.98 Å². The van der Waals surface area contributed by atoms with Gasteiger partial charge in [0, 0.05) is 12.4 Å². The van der Waals surface area contributed by atoms with E-state index in [4.69, 9.17) is 0 Å². The van der Waals surface area contributed by atoms with Crippen molar-refractivity contribution in [3.05, 3.63) is 37.1 Å². The van der Waals surface area contributed by atoms with E-state index < -0.39 is 0 Å². The van der Waals surface area contributed by atoms with E-state index in [0.29, 0.717) is 5.82 Å². The van der Waals surface area contributed by atoms with E-state index in [1.54, 1.807) is 37.1 Å². The van der Waals surface area contributed by atoms with Crippen LogP contribution in [0.3, 0.4) is 0 Å². The summed E-state index contributed by atoms with van der Waals surface area (Å²) in [5.74, 6) is 0.634. The first-order valence-electron chi connectivity index (χ1n) is 3.56. The average Bonchev–Trinajstić information content (AvgIpc) is 2.21. The van der Waals surface area contributed by atoms with Crippen molar-refractivity contribution in [1.82, 2.24) is 15.0 Å². The molecule has 0 saturated heterocycles. The minimum Gasteiger partial charge on any atom is -0.241 e. The fourth-order valence-corrected chi connectivity index (χ4v) is 0.879. The molecule has 2 aromatic rings. The van der Waals surface area contributed by atoms with Gasteiger partial charge in [0.15, 0.2) is 23.9 Å². The van der Waals surface area contributed by atoms with Crippen molar-refractivity contribution in [2.75, 3.05) is 0 Å². The van der Waals surface area contributed by atoms with Gasteiger partial charge in [0.25, 0.3) is 0 Å². The van der Waals surface area contributed by atoms with Crippen LogP contribution in [-0.2, 0) is 0 Å². The Hall–Kier alpha value is -1.84. The number of nitrogens with one attached hydrogen (secondary N) is 1. The highest BCUT2D eigenvalue weighted by Crippen LogP contribution is 2.04. The molecule has 0 spiro atoms. The molecule has 2 rings (SSSR count). The largest absolute Gasteiger partial charge is 0.241 e.